The lowest BCUT2D eigenvalue weighted by Gasteiger charge is -2.21. The van der Waals surface area contributed by atoms with Gasteiger partial charge in [-0.05, 0) is 24.7 Å². The van der Waals surface area contributed by atoms with Crippen LogP contribution in [0, 0.1) is 11.8 Å². The van der Waals surface area contributed by atoms with Crippen LogP contribution in [0.1, 0.15) is 71.6 Å². The molecule has 1 rings (SSSR count). The van der Waals surface area contributed by atoms with Crippen molar-refractivity contribution < 1.29 is 0 Å². The number of allylic oxidation sites excluding steroid dienone is 2. The summed E-state index contributed by atoms with van der Waals surface area (Å²) in [5, 5.41) is 0. The normalized spacial score (nSPS) is 20.9. The van der Waals surface area contributed by atoms with Crippen LogP contribution < -0.4 is 0 Å². The molecule has 1 aliphatic carbocycles. The Labute approximate surface area is 96.2 Å². The maximum absolute atomic E-state index is 2.39. The SMILES string of the molecule is CC/C=C/C(C)CCCC1CCCCC1. The molecule has 0 N–H and O–H groups in total. The van der Waals surface area contributed by atoms with Gasteiger partial charge in [0.1, 0.15) is 0 Å². The number of rotatable bonds is 6. The average Bonchev–Trinajstić information content (AvgIpc) is 2.28. The minimum absolute atomic E-state index is 0.800. The molecule has 88 valence electrons. The molecule has 0 heterocycles. The molecule has 0 aromatic heterocycles. The average molecular weight is 208 g/mol. The molecule has 1 saturated carbocycles. The zero-order chi connectivity index (χ0) is 10.9. The molecule has 1 unspecified atom stereocenters. The van der Waals surface area contributed by atoms with Crippen LogP contribution in [0.5, 0.6) is 0 Å². The second kappa shape index (κ2) is 7.96. The van der Waals surface area contributed by atoms with Gasteiger partial charge in [-0.15, -0.1) is 0 Å². The Bertz CT molecular complexity index is 163. The molecule has 0 saturated heterocycles. The summed E-state index contributed by atoms with van der Waals surface area (Å²) in [6.07, 6.45) is 17.7. The fourth-order valence-corrected chi connectivity index (χ4v) is 2.67. The molecule has 0 aromatic rings. The smallest absolute Gasteiger partial charge is 0.0262 e. The number of hydrogen-bond donors (Lipinski definition) is 0. The molecule has 0 aliphatic heterocycles. The van der Waals surface area contributed by atoms with Gasteiger partial charge in [-0.2, -0.15) is 0 Å². The second-order valence-electron chi connectivity index (χ2n) is 5.25. The molecule has 1 atom stereocenters. The Morgan fingerprint density at radius 1 is 1.20 bits per heavy atom. The Balaban J connectivity index is 2.01. The monoisotopic (exact) mass is 208 g/mol. The highest BCUT2D eigenvalue weighted by Gasteiger charge is 2.12. The van der Waals surface area contributed by atoms with E-state index in [0.717, 1.165) is 11.8 Å². The van der Waals surface area contributed by atoms with Crippen molar-refractivity contribution in [2.45, 2.75) is 71.6 Å². The predicted octanol–water partition coefficient (Wildman–Crippen LogP) is 5.34. The summed E-state index contributed by atoms with van der Waals surface area (Å²) in [6, 6.07) is 0. The first-order valence-corrected chi connectivity index (χ1v) is 6.99. The minimum Gasteiger partial charge on any atom is -0.0885 e. The summed E-state index contributed by atoms with van der Waals surface area (Å²) < 4.78 is 0. The van der Waals surface area contributed by atoms with Gasteiger partial charge in [0.25, 0.3) is 0 Å². The van der Waals surface area contributed by atoms with Crippen molar-refractivity contribution in [1.29, 1.82) is 0 Å². The Morgan fingerprint density at radius 3 is 2.60 bits per heavy atom. The van der Waals surface area contributed by atoms with Gasteiger partial charge in [-0.1, -0.05) is 70.9 Å². The van der Waals surface area contributed by atoms with E-state index in [1.807, 2.05) is 0 Å². The number of hydrogen-bond acceptors (Lipinski definition) is 0. The van der Waals surface area contributed by atoms with Crippen LogP contribution in [0.2, 0.25) is 0 Å². The van der Waals surface area contributed by atoms with Crippen molar-refractivity contribution in [2.75, 3.05) is 0 Å². The minimum atomic E-state index is 0.800. The van der Waals surface area contributed by atoms with E-state index in [9.17, 15) is 0 Å². The molecule has 0 amide bonds. The molecule has 0 spiro atoms. The van der Waals surface area contributed by atoms with Gasteiger partial charge in [0.15, 0.2) is 0 Å². The highest BCUT2D eigenvalue weighted by molar-refractivity contribution is 4.85. The highest BCUT2D eigenvalue weighted by Crippen LogP contribution is 2.28. The van der Waals surface area contributed by atoms with Crippen molar-refractivity contribution in [3.8, 4) is 0 Å². The molecule has 0 heteroatoms. The van der Waals surface area contributed by atoms with E-state index in [-0.39, 0.29) is 0 Å². The van der Waals surface area contributed by atoms with Crippen LogP contribution in [0.25, 0.3) is 0 Å². The Hall–Kier alpha value is -0.260. The zero-order valence-electron chi connectivity index (χ0n) is 10.7. The molecule has 15 heavy (non-hydrogen) atoms. The third-order valence-electron chi connectivity index (χ3n) is 3.70. The molecule has 0 bridgehead atoms. The summed E-state index contributed by atoms with van der Waals surface area (Å²) in [4.78, 5) is 0. The second-order valence-corrected chi connectivity index (χ2v) is 5.25. The van der Waals surface area contributed by atoms with Crippen LogP contribution in [-0.4, -0.2) is 0 Å². The third kappa shape index (κ3) is 6.02. The van der Waals surface area contributed by atoms with Crippen molar-refractivity contribution in [2.24, 2.45) is 11.8 Å². The van der Waals surface area contributed by atoms with Crippen LogP contribution in [0.15, 0.2) is 12.2 Å². The fourth-order valence-electron chi connectivity index (χ4n) is 2.67. The van der Waals surface area contributed by atoms with Crippen LogP contribution in [0.4, 0.5) is 0 Å². The summed E-state index contributed by atoms with van der Waals surface area (Å²) in [5.74, 6) is 1.87. The van der Waals surface area contributed by atoms with Crippen LogP contribution >= 0.6 is 0 Å². The lowest BCUT2D eigenvalue weighted by atomic mass is 9.85. The topological polar surface area (TPSA) is 0 Å². The van der Waals surface area contributed by atoms with Gasteiger partial charge >= 0.3 is 0 Å². The molecule has 1 aliphatic rings. The molecule has 1 fully saturated rings. The fraction of sp³-hybridized carbons (Fsp3) is 0.867. The van der Waals surface area contributed by atoms with E-state index in [4.69, 9.17) is 0 Å². The van der Waals surface area contributed by atoms with Crippen molar-refractivity contribution in [3.63, 3.8) is 0 Å². The van der Waals surface area contributed by atoms with Crippen molar-refractivity contribution in [1.82, 2.24) is 0 Å². The zero-order valence-corrected chi connectivity index (χ0v) is 10.7. The molecular formula is C15H28. The van der Waals surface area contributed by atoms with Gasteiger partial charge in [-0.3, -0.25) is 0 Å². The lowest BCUT2D eigenvalue weighted by molar-refractivity contribution is 0.325. The molecule has 0 nitrogen and oxygen atoms in total. The molecular weight excluding hydrogens is 180 g/mol. The largest absolute Gasteiger partial charge is 0.0885 e. The Kier molecular flexibility index (Phi) is 6.80. The standard InChI is InChI=1S/C15H28/c1-3-4-9-14(2)10-8-13-15-11-6-5-7-12-15/h4,9,14-15H,3,5-8,10-13H2,1-2H3/b9-4+. The summed E-state index contributed by atoms with van der Waals surface area (Å²) in [6.45, 7) is 4.57. The first-order chi connectivity index (χ1) is 7.33. The molecule has 0 radical (unpaired) electrons. The van der Waals surface area contributed by atoms with Gasteiger partial charge < -0.3 is 0 Å². The van der Waals surface area contributed by atoms with E-state index in [1.54, 1.807) is 0 Å². The van der Waals surface area contributed by atoms with E-state index in [0.29, 0.717) is 0 Å². The van der Waals surface area contributed by atoms with E-state index < -0.39 is 0 Å². The van der Waals surface area contributed by atoms with E-state index in [2.05, 4.69) is 26.0 Å². The summed E-state index contributed by atoms with van der Waals surface area (Å²) >= 11 is 0. The third-order valence-corrected chi connectivity index (χ3v) is 3.70. The first kappa shape index (κ1) is 12.8. The van der Waals surface area contributed by atoms with E-state index >= 15 is 0 Å². The van der Waals surface area contributed by atoms with Gasteiger partial charge in [-0.25, -0.2) is 0 Å². The van der Waals surface area contributed by atoms with Crippen LogP contribution in [-0.2, 0) is 0 Å². The maximum atomic E-state index is 2.39. The predicted molar refractivity (Wildman–Crippen MR) is 69.0 cm³/mol. The van der Waals surface area contributed by atoms with Crippen LogP contribution in [0.3, 0.4) is 0 Å². The highest BCUT2D eigenvalue weighted by atomic mass is 14.2. The van der Waals surface area contributed by atoms with Crippen molar-refractivity contribution in [3.05, 3.63) is 12.2 Å². The van der Waals surface area contributed by atoms with Crippen molar-refractivity contribution >= 4 is 0 Å². The van der Waals surface area contributed by atoms with Gasteiger partial charge in [0.2, 0.25) is 0 Å². The quantitative estimate of drug-likeness (QED) is 0.517. The Morgan fingerprint density at radius 2 is 1.93 bits per heavy atom. The summed E-state index contributed by atoms with van der Waals surface area (Å²) in [7, 11) is 0. The van der Waals surface area contributed by atoms with E-state index in [1.165, 1.54) is 57.8 Å². The van der Waals surface area contributed by atoms with Gasteiger partial charge in [0.05, 0.1) is 0 Å². The first-order valence-electron chi connectivity index (χ1n) is 6.99. The lowest BCUT2D eigenvalue weighted by Crippen LogP contribution is -2.06. The maximum Gasteiger partial charge on any atom is -0.0262 e. The molecule has 0 aromatic carbocycles. The van der Waals surface area contributed by atoms with Gasteiger partial charge in [0, 0.05) is 0 Å². The summed E-state index contributed by atoms with van der Waals surface area (Å²) in [5.41, 5.74) is 0.